The standard InChI is InChI=1S/C23H26N4O5.C14H11N3O3S.C8H11N3O4S/c1-13-6-8-15(9-7-13)10-11-16(28)18-19(30)21(31)27(5)22(24-18)23(3,4)12-17(29)20-26-25-14(2)32-20;1-7-8(2)21-14-11(7)13(18)15-12(16-14)9-3-5-10(6-4-9)17(19)20;1-13-8(12)15-7-6(9-16-10-7)11-2-4-14-5-3-11/h6-9,30H,10-12H2,1-5H3;3-6H,1-2H3,(H,15,16,18);2-5H2,1H3. The van der Waals surface area contributed by atoms with Crippen LogP contribution in [0.4, 0.5) is 16.3 Å². The van der Waals surface area contributed by atoms with Crippen LogP contribution in [-0.2, 0) is 28.4 Å². The summed E-state index contributed by atoms with van der Waals surface area (Å²) in [6.07, 6.45) is -0.348. The quantitative estimate of drug-likeness (QED) is 0.0568. The zero-order valence-corrected chi connectivity index (χ0v) is 40.5. The molecule has 5 aromatic heterocycles. The van der Waals surface area contributed by atoms with Crippen molar-refractivity contribution in [2.75, 3.05) is 38.3 Å². The Morgan fingerprint density at radius 2 is 1.64 bits per heavy atom. The second-order valence-electron chi connectivity index (χ2n) is 16.2. The molecule has 6 heterocycles. The van der Waals surface area contributed by atoms with Crippen molar-refractivity contribution in [1.82, 2.24) is 38.5 Å². The molecule has 1 aliphatic rings. The second kappa shape index (κ2) is 22.0. The van der Waals surface area contributed by atoms with Crippen LogP contribution in [0, 0.1) is 37.8 Å². The number of H-pyrrole nitrogens is 1. The van der Waals surface area contributed by atoms with Crippen LogP contribution in [0.15, 0.2) is 62.5 Å². The van der Waals surface area contributed by atoms with E-state index in [1.165, 1.54) is 37.6 Å². The number of Topliss-reactive ketones (excluding diaryl/α,β-unsaturated/α-hetero) is 2. The molecule has 1 saturated heterocycles. The van der Waals surface area contributed by atoms with Gasteiger partial charge in [-0.1, -0.05) is 43.7 Å². The zero-order valence-electron chi connectivity index (χ0n) is 38.8. The molecule has 1 fully saturated rings. The third-order valence-corrected chi connectivity index (χ3v) is 12.4. The molecule has 0 amide bonds. The number of carbonyl (C=O) groups is 3. The van der Waals surface area contributed by atoms with Crippen LogP contribution in [0.3, 0.4) is 0 Å². The number of aromatic nitrogens is 8. The van der Waals surface area contributed by atoms with Crippen molar-refractivity contribution in [1.29, 1.82) is 0 Å². The van der Waals surface area contributed by atoms with Gasteiger partial charge in [-0.2, -0.15) is 4.37 Å². The minimum atomic E-state index is -0.951. The number of hydrogen-bond donors (Lipinski definition) is 2. The second-order valence-corrected chi connectivity index (χ2v) is 18.0. The topological polar surface area (TPSA) is 291 Å². The van der Waals surface area contributed by atoms with Gasteiger partial charge in [-0.15, -0.1) is 25.9 Å². The Bertz CT molecular complexity index is 3120. The average Bonchev–Trinajstić information content (AvgIpc) is 4.06. The summed E-state index contributed by atoms with van der Waals surface area (Å²) in [7, 11) is 2.69. The third kappa shape index (κ3) is 12.3. The van der Waals surface area contributed by atoms with E-state index >= 15 is 0 Å². The lowest BCUT2D eigenvalue weighted by Crippen LogP contribution is -2.36. The van der Waals surface area contributed by atoms with Gasteiger partial charge in [0.15, 0.2) is 11.5 Å². The summed E-state index contributed by atoms with van der Waals surface area (Å²) >= 11 is 2.47. The summed E-state index contributed by atoms with van der Waals surface area (Å²) in [5, 5.41) is 29.0. The van der Waals surface area contributed by atoms with E-state index in [0.717, 1.165) is 37.9 Å². The fourth-order valence-corrected chi connectivity index (χ4v) is 8.48. The minimum Gasteiger partial charge on any atom is -0.501 e. The van der Waals surface area contributed by atoms with E-state index < -0.39 is 39.4 Å². The number of non-ortho nitro benzene ring substituents is 1. The normalized spacial score (nSPS) is 12.4. The van der Waals surface area contributed by atoms with E-state index in [1.54, 1.807) is 32.9 Å². The number of nitrogens with one attached hydrogen (secondary N) is 1. The number of benzene rings is 2. The van der Waals surface area contributed by atoms with Crippen LogP contribution in [0.2, 0.25) is 0 Å². The van der Waals surface area contributed by atoms with Gasteiger partial charge in [0.2, 0.25) is 23.2 Å². The maximum Gasteiger partial charge on any atom is 0.515 e. The van der Waals surface area contributed by atoms with Crippen molar-refractivity contribution in [3.63, 3.8) is 0 Å². The van der Waals surface area contributed by atoms with E-state index in [2.05, 4.69) is 38.6 Å². The number of anilines is 1. The molecule has 8 rings (SSSR count). The zero-order chi connectivity index (χ0) is 50.2. The Kier molecular flexibility index (Phi) is 16.2. The van der Waals surface area contributed by atoms with Gasteiger partial charge < -0.3 is 33.6 Å². The number of morpholine rings is 1. The summed E-state index contributed by atoms with van der Waals surface area (Å²) < 4.78 is 28.8. The molecule has 0 bridgehead atoms. The molecule has 2 aromatic carbocycles. The van der Waals surface area contributed by atoms with Crippen molar-refractivity contribution >= 4 is 62.5 Å². The third-order valence-electron chi connectivity index (χ3n) is 10.8. The predicted molar refractivity (Wildman–Crippen MR) is 254 cm³/mol. The number of rotatable bonds is 12. The first-order valence-corrected chi connectivity index (χ1v) is 22.7. The van der Waals surface area contributed by atoms with E-state index in [-0.39, 0.29) is 53.3 Å². The molecule has 7 aromatic rings. The highest BCUT2D eigenvalue weighted by Gasteiger charge is 2.33. The van der Waals surface area contributed by atoms with Crippen LogP contribution >= 0.6 is 23.1 Å². The SMILES string of the molecule is COC(=O)Oc1nsnc1N1CCOCC1.Cc1ccc(CCC(=O)c2nc(C(C)(C)CC(=O)c3nnc(C)o3)n(C)c(=O)c2O)cc1.Cc1sc2nc(-c3ccc([N+](=O)[O-])cc3)[nH]c(=O)c2c1C. The number of nitro groups is 1. The van der Waals surface area contributed by atoms with E-state index in [9.17, 15) is 39.2 Å². The van der Waals surface area contributed by atoms with E-state index in [4.69, 9.17) is 13.9 Å². The van der Waals surface area contributed by atoms with Crippen LogP contribution in [0.25, 0.3) is 21.6 Å². The van der Waals surface area contributed by atoms with Gasteiger partial charge in [0.25, 0.3) is 28.6 Å². The Morgan fingerprint density at radius 3 is 2.26 bits per heavy atom. The van der Waals surface area contributed by atoms with Crippen LogP contribution in [0.5, 0.6) is 11.6 Å². The molecule has 0 spiro atoms. The van der Waals surface area contributed by atoms with Crippen molar-refractivity contribution in [2.45, 2.75) is 66.2 Å². The van der Waals surface area contributed by atoms with Gasteiger partial charge in [-0.05, 0) is 50.5 Å². The highest BCUT2D eigenvalue weighted by Crippen LogP contribution is 2.30. The number of aromatic amines is 1. The molecule has 24 heteroatoms. The summed E-state index contributed by atoms with van der Waals surface area (Å²) in [6.45, 7) is 13.5. The summed E-state index contributed by atoms with van der Waals surface area (Å²) in [5.74, 6) is -0.0390. The van der Waals surface area contributed by atoms with Gasteiger partial charge in [0, 0.05) is 67.9 Å². The van der Waals surface area contributed by atoms with Crippen LogP contribution < -0.4 is 20.8 Å². The molecular formula is C45H48N10O12S2. The van der Waals surface area contributed by atoms with Gasteiger partial charge in [0.05, 0.1) is 42.4 Å². The fourth-order valence-electron chi connectivity index (χ4n) is 6.95. The predicted octanol–water partition coefficient (Wildman–Crippen LogP) is 6.55. The molecule has 22 nitrogen and oxygen atoms in total. The van der Waals surface area contributed by atoms with E-state index in [1.807, 2.05) is 49.9 Å². The lowest BCUT2D eigenvalue weighted by atomic mass is 9.85. The molecule has 2 N–H and O–H groups in total. The molecule has 69 heavy (non-hydrogen) atoms. The molecule has 362 valence electrons. The molecule has 0 atom stereocenters. The molecule has 1 aliphatic heterocycles. The van der Waals surface area contributed by atoms with Gasteiger partial charge in [0.1, 0.15) is 16.5 Å². The van der Waals surface area contributed by atoms with E-state index in [0.29, 0.717) is 60.1 Å². The Morgan fingerprint density at radius 1 is 0.957 bits per heavy atom. The maximum atomic E-state index is 12.8. The van der Waals surface area contributed by atoms with Crippen molar-refractivity contribution in [2.24, 2.45) is 7.05 Å². The van der Waals surface area contributed by atoms with Gasteiger partial charge in [-0.25, -0.2) is 14.8 Å². The number of ether oxygens (including phenoxy) is 3. The molecule has 0 saturated carbocycles. The van der Waals surface area contributed by atoms with Crippen molar-refractivity contribution < 1.29 is 43.0 Å². The number of nitro benzene ring substituents is 1. The number of thiophene rings is 1. The average molecular weight is 985 g/mol. The van der Waals surface area contributed by atoms with Crippen molar-refractivity contribution in [3.8, 4) is 23.0 Å². The molecule has 0 aliphatic carbocycles. The highest BCUT2D eigenvalue weighted by atomic mass is 32.1. The lowest BCUT2D eigenvalue weighted by Gasteiger charge is -2.26. The number of fused-ring (bicyclic) bond motifs is 1. The Balaban J connectivity index is 0.000000182. The molecule has 0 unspecified atom stereocenters. The largest absolute Gasteiger partial charge is 0.515 e. The van der Waals surface area contributed by atoms with Gasteiger partial charge in [-0.3, -0.25) is 33.9 Å². The maximum absolute atomic E-state index is 12.8. The van der Waals surface area contributed by atoms with Crippen LogP contribution in [0.1, 0.15) is 81.1 Å². The first kappa shape index (κ1) is 50.8. The molecule has 0 radical (unpaired) electrons. The summed E-state index contributed by atoms with van der Waals surface area (Å²) in [5.41, 5.74) is 1.50. The highest BCUT2D eigenvalue weighted by molar-refractivity contribution is 7.18. The number of carbonyl (C=O) groups excluding carboxylic acids is 3. The number of aryl methyl sites for hydroxylation is 5. The smallest absolute Gasteiger partial charge is 0.501 e. The number of hydrogen-bond acceptors (Lipinski definition) is 21. The van der Waals surface area contributed by atoms with Crippen LogP contribution in [-0.4, -0.2) is 99.6 Å². The number of ketones is 2. The summed E-state index contributed by atoms with van der Waals surface area (Å²) in [4.78, 5) is 86.6. The minimum absolute atomic E-state index is 0.00462. The first-order chi connectivity index (χ1) is 32.8. The number of aromatic hydroxyl groups is 1. The lowest BCUT2D eigenvalue weighted by molar-refractivity contribution is -0.384. The van der Waals surface area contributed by atoms with Crippen molar-refractivity contribution in [3.05, 3.63) is 124 Å². The Labute approximate surface area is 401 Å². The number of nitrogens with zero attached hydrogens (tertiary/aromatic N) is 9. The monoisotopic (exact) mass is 984 g/mol. The van der Waals surface area contributed by atoms with Gasteiger partial charge >= 0.3 is 6.16 Å². The first-order valence-electron chi connectivity index (χ1n) is 21.2. The fraction of sp³-hybridized carbons (Fsp3) is 0.356. The summed E-state index contributed by atoms with van der Waals surface area (Å²) in [6, 6.07) is 13.7. The molecular weight excluding hydrogens is 937 g/mol. The number of methoxy groups -OCH3 is 1. The Hall–Kier alpha value is -7.57.